The Morgan fingerprint density at radius 1 is 1.50 bits per heavy atom. The first-order valence-corrected chi connectivity index (χ1v) is 4.36. The molecule has 63 valence electrons. The lowest BCUT2D eigenvalue weighted by atomic mass is 10.3. The van der Waals surface area contributed by atoms with E-state index in [9.17, 15) is 0 Å². The molecule has 0 N–H and O–H groups in total. The van der Waals surface area contributed by atoms with Gasteiger partial charge in [0.25, 0.3) is 0 Å². The molecule has 2 rings (SSSR count). The molecule has 2 heterocycles. The zero-order chi connectivity index (χ0) is 8.39. The second-order valence-electron chi connectivity index (χ2n) is 3.17. The van der Waals surface area contributed by atoms with Crippen molar-refractivity contribution < 1.29 is 0 Å². The first-order chi connectivity index (χ1) is 5.88. The average molecular weight is 161 g/mol. The van der Waals surface area contributed by atoms with Gasteiger partial charge in [-0.15, -0.1) is 0 Å². The van der Waals surface area contributed by atoms with Gasteiger partial charge in [0.05, 0.1) is 0 Å². The molecular weight excluding hydrogens is 148 g/mol. The molecule has 0 unspecified atom stereocenters. The smallest absolute Gasteiger partial charge is 0.131 e. The second-order valence-corrected chi connectivity index (χ2v) is 3.17. The summed E-state index contributed by atoms with van der Waals surface area (Å²) in [6.45, 7) is 4.29. The molecule has 1 aliphatic rings. The minimum atomic E-state index is 1.05. The summed E-state index contributed by atoms with van der Waals surface area (Å²) in [7, 11) is 0. The van der Waals surface area contributed by atoms with Crippen molar-refractivity contribution in [1.82, 2.24) is 4.98 Å². The van der Waals surface area contributed by atoms with Crippen molar-refractivity contribution in [2.24, 2.45) is 0 Å². The van der Waals surface area contributed by atoms with Gasteiger partial charge in [-0.2, -0.15) is 0 Å². The predicted octanol–water partition coefficient (Wildman–Crippen LogP) is 1.80. The molecule has 0 aliphatic carbocycles. The minimum absolute atomic E-state index is 1.05. The van der Waals surface area contributed by atoms with Gasteiger partial charge in [0, 0.05) is 19.3 Å². The third kappa shape index (κ3) is 1.29. The lowest BCUT2D eigenvalue weighted by molar-refractivity contribution is 0.929. The van der Waals surface area contributed by atoms with Gasteiger partial charge >= 0.3 is 0 Å². The standard InChI is InChI=1S/C10H13N2/c1-9-5-4-6-11-10(9)12-7-2-3-8-12/h2,4-6H,3,7-8H2,1H3. The van der Waals surface area contributed by atoms with E-state index in [1.54, 1.807) is 0 Å². The molecule has 0 aromatic carbocycles. The highest BCUT2D eigenvalue weighted by Crippen LogP contribution is 2.19. The first kappa shape index (κ1) is 7.59. The van der Waals surface area contributed by atoms with E-state index in [1.165, 1.54) is 12.0 Å². The van der Waals surface area contributed by atoms with Crippen molar-refractivity contribution in [3.05, 3.63) is 30.3 Å². The summed E-state index contributed by atoms with van der Waals surface area (Å²) in [5, 5.41) is 0. The van der Waals surface area contributed by atoms with Crippen molar-refractivity contribution in [3.63, 3.8) is 0 Å². The molecule has 0 bridgehead atoms. The first-order valence-electron chi connectivity index (χ1n) is 4.36. The molecule has 0 amide bonds. The molecule has 2 nitrogen and oxygen atoms in total. The Kier molecular flexibility index (Phi) is 1.98. The molecule has 0 atom stereocenters. The Morgan fingerprint density at radius 2 is 2.42 bits per heavy atom. The third-order valence-corrected chi connectivity index (χ3v) is 2.23. The predicted molar refractivity (Wildman–Crippen MR) is 50.1 cm³/mol. The maximum absolute atomic E-state index is 4.37. The molecule has 1 aliphatic heterocycles. The van der Waals surface area contributed by atoms with Crippen molar-refractivity contribution in [1.29, 1.82) is 0 Å². The van der Waals surface area contributed by atoms with E-state index in [1.807, 2.05) is 12.3 Å². The summed E-state index contributed by atoms with van der Waals surface area (Å²) in [4.78, 5) is 6.68. The van der Waals surface area contributed by atoms with E-state index in [0.717, 1.165) is 18.9 Å². The summed E-state index contributed by atoms with van der Waals surface area (Å²) in [5.41, 5.74) is 1.27. The zero-order valence-electron chi connectivity index (χ0n) is 7.33. The van der Waals surface area contributed by atoms with Crippen LogP contribution in [-0.2, 0) is 0 Å². The topological polar surface area (TPSA) is 16.1 Å². The zero-order valence-corrected chi connectivity index (χ0v) is 7.33. The van der Waals surface area contributed by atoms with Crippen LogP contribution in [0.1, 0.15) is 12.0 Å². The van der Waals surface area contributed by atoms with Gasteiger partial charge in [0.15, 0.2) is 0 Å². The molecule has 12 heavy (non-hydrogen) atoms. The van der Waals surface area contributed by atoms with Crippen LogP contribution in [0.5, 0.6) is 0 Å². The number of aromatic nitrogens is 1. The quantitative estimate of drug-likeness (QED) is 0.624. The largest absolute Gasteiger partial charge is 0.356 e. The number of nitrogens with zero attached hydrogens (tertiary/aromatic N) is 2. The fourth-order valence-electron chi connectivity index (χ4n) is 1.59. The highest BCUT2D eigenvalue weighted by molar-refractivity contribution is 5.47. The van der Waals surface area contributed by atoms with Gasteiger partial charge in [-0.1, -0.05) is 6.07 Å². The summed E-state index contributed by atoms with van der Waals surface area (Å²) >= 11 is 0. The van der Waals surface area contributed by atoms with Crippen molar-refractivity contribution in [2.45, 2.75) is 13.3 Å². The van der Waals surface area contributed by atoms with Crippen LogP contribution in [0, 0.1) is 13.3 Å². The van der Waals surface area contributed by atoms with Crippen molar-refractivity contribution >= 4 is 5.82 Å². The van der Waals surface area contributed by atoms with Crippen LogP contribution in [-0.4, -0.2) is 18.1 Å². The Hall–Kier alpha value is -1.05. The summed E-state index contributed by atoms with van der Waals surface area (Å²) in [5.74, 6) is 1.14. The van der Waals surface area contributed by atoms with Gasteiger partial charge in [-0.25, -0.2) is 4.98 Å². The van der Waals surface area contributed by atoms with Crippen LogP contribution < -0.4 is 4.90 Å². The van der Waals surface area contributed by atoms with Crippen LogP contribution in [0.25, 0.3) is 0 Å². The lowest BCUT2D eigenvalue weighted by Gasteiger charge is -2.17. The average Bonchev–Trinajstić information content (AvgIpc) is 2.57. The van der Waals surface area contributed by atoms with Gasteiger partial charge in [-0.05, 0) is 31.4 Å². The van der Waals surface area contributed by atoms with Gasteiger partial charge in [0.2, 0.25) is 0 Å². The molecule has 1 saturated heterocycles. The number of pyridine rings is 1. The molecule has 1 aromatic heterocycles. The molecular formula is C10H13N2. The number of hydrogen-bond donors (Lipinski definition) is 0. The number of hydrogen-bond acceptors (Lipinski definition) is 2. The lowest BCUT2D eigenvalue weighted by Crippen LogP contribution is -2.19. The van der Waals surface area contributed by atoms with Crippen LogP contribution in [0.15, 0.2) is 18.3 Å². The molecule has 1 aromatic rings. The van der Waals surface area contributed by atoms with Crippen LogP contribution in [0.4, 0.5) is 5.82 Å². The normalized spacial score (nSPS) is 16.9. The Labute approximate surface area is 73.2 Å². The molecule has 2 heteroatoms. The number of rotatable bonds is 1. The van der Waals surface area contributed by atoms with Crippen LogP contribution >= 0.6 is 0 Å². The maximum Gasteiger partial charge on any atom is 0.131 e. The summed E-state index contributed by atoms with van der Waals surface area (Å²) in [6, 6.07) is 4.10. The Bertz CT molecular complexity index is 264. The van der Waals surface area contributed by atoms with Crippen LogP contribution in [0.3, 0.4) is 0 Å². The SMILES string of the molecule is Cc1cccnc1N1C[CH]CC1. The van der Waals surface area contributed by atoms with Gasteiger partial charge < -0.3 is 4.90 Å². The van der Waals surface area contributed by atoms with E-state index in [2.05, 4.69) is 29.3 Å². The highest BCUT2D eigenvalue weighted by atomic mass is 15.2. The highest BCUT2D eigenvalue weighted by Gasteiger charge is 2.14. The van der Waals surface area contributed by atoms with E-state index in [4.69, 9.17) is 0 Å². The fourth-order valence-corrected chi connectivity index (χ4v) is 1.59. The van der Waals surface area contributed by atoms with Crippen LogP contribution in [0.2, 0.25) is 0 Å². The molecule has 1 radical (unpaired) electrons. The van der Waals surface area contributed by atoms with Crippen molar-refractivity contribution in [3.8, 4) is 0 Å². The third-order valence-electron chi connectivity index (χ3n) is 2.23. The van der Waals surface area contributed by atoms with E-state index >= 15 is 0 Å². The van der Waals surface area contributed by atoms with E-state index in [0.29, 0.717) is 0 Å². The molecule has 0 saturated carbocycles. The number of aryl methyl sites for hydroxylation is 1. The Balaban J connectivity index is 2.26. The second kappa shape index (κ2) is 3.13. The fraction of sp³-hybridized carbons (Fsp3) is 0.400. The van der Waals surface area contributed by atoms with E-state index < -0.39 is 0 Å². The van der Waals surface area contributed by atoms with E-state index in [-0.39, 0.29) is 0 Å². The number of anilines is 1. The monoisotopic (exact) mass is 161 g/mol. The van der Waals surface area contributed by atoms with Crippen molar-refractivity contribution in [2.75, 3.05) is 18.0 Å². The Morgan fingerprint density at radius 3 is 3.08 bits per heavy atom. The summed E-state index contributed by atoms with van der Waals surface area (Å²) in [6.07, 6.45) is 5.35. The summed E-state index contributed by atoms with van der Waals surface area (Å²) < 4.78 is 0. The molecule has 0 spiro atoms. The van der Waals surface area contributed by atoms with Gasteiger partial charge in [-0.3, -0.25) is 0 Å². The minimum Gasteiger partial charge on any atom is -0.356 e. The molecule has 1 fully saturated rings. The van der Waals surface area contributed by atoms with Gasteiger partial charge in [0.1, 0.15) is 5.82 Å². The maximum atomic E-state index is 4.37.